The molecule has 2 aromatic heterocycles. The number of aryl methyl sites for hydroxylation is 2. The van der Waals surface area contributed by atoms with Crippen LogP contribution in [0.25, 0.3) is 11.2 Å². The van der Waals surface area contributed by atoms with Crippen LogP contribution in [0.2, 0.25) is 0 Å². The molecule has 1 unspecified atom stereocenters. The molecular formula is C13H21N5O2. The van der Waals surface area contributed by atoms with Crippen LogP contribution in [0.1, 0.15) is 39.1 Å². The number of rotatable bonds is 4. The standard InChI is InChI=1S/C13H21N5O2/c1-5-7-18-11-9(12(19)17(6-2)13(18)20)16(4)10(15-11)8(3)14/h8H,5-7,14H2,1-4H3. The molecule has 110 valence electrons. The molecule has 7 heteroatoms. The van der Waals surface area contributed by atoms with Gasteiger partial charge < -0.3 is 10.3 Å². The van der Waals surface area contributed by atoms with Crippen LogP contribution in [-0.4, -0.2) is 18.7 Å². The second kappa shape index (κ2) is 5.24. The fraction of sp³-hybridized carbons (Fsp3) is 0.615. The summed E-state index contributed by atoms with van der Waals surface area (Å²) in [5, 5.41) is 0. The van der Waals surface area contributed by atoms with E-state index in [1.807, 2.05) is 13.8 Å². The van der Waals surface area contributed by atoms with Crippen molar-refractivity contribution in [3.05, 3.63) is 26.7 Å². The van der Waals surface area contributed by atoms with E-state index >= 15 is 0 Å². The maximum Gasteiger partial charge on any atom is 0.332 e. The lowest BCUT2D eigenvalue weighted by Gasteiger charge is -2.09. The number of fused-ring (bicyclic) bond motifs is 1. The summed E-state index contributed by atoms with van der Waals surface area (Å²) in [4.78, 5) is 29.2. The lowest BCUT2D eigenvalue weighted by Crippen LogP contribution is -2.40. The van der Waals surface area contributed by atoms with Crippen molar-refractivity contribution in [1.29, 1.82) is 0 Å². The summed E-state index contributed by atoms with van der Waals surface area (Å²) >= 11 is 0. The first-order chi connectivity index (χ1) is 9.43. The number of nitrogens with zero attached hydrogens (tertiary/aromatic N) is 4. The molecule has 7 nitrogen and oxygen atoms in total. The van der Waals surface area contributed by atoms with Crippen LogP contribution in [0.3, 0.4) is 0 Å². The Hall–Kier alpha value is -1.89. The zero-order valence-corrected chi connectivity index (χ0v) is 12.4. The molecular weight excluding hydrogens is 258 g/mol. The SMILES string of the molecule is CCCn1c(=O)n(CC)c(=O)c2c1nc(C(C)N)n2C. The molecule has 0 aliphatic carbocycles. The third kappa shape index (κ3) is 1.98. The quantitative estimate of drug-likeness (QED) is 0.874. The molecule has 2 aromatic rings. The third-order valence-corrected chi connectivity index (χ3v) is 3.45. The predicted octanol–water partition coefficient (Wildman–Crippen LogP) is 0.346. The molecule has 2 rings (SSSR count). The Labute approximate surface area is 116 Å². The van der Waals surface area contributed by atoms with Gasteiger partial charge in [0.25, 0.3) is 5.56 Å². The van der Waals surface area contributed by atoms with Crippen molar-refractivity contribution < 1.29 is 0 Å². The fourth-order valence-electron chi connectivity index (χ4n) is 2.49. The van der Waals surface area contributed by atoms with Crippen molar-refractivity contribution in [2.45, 2.75) is 46.3 Å². The minimum Gasteiger partial charge on any atom is -0.324 e. The Morgan fingerprint density at radius 1 is 1.25 bits per heavy atom. The molecule has 1 atom stereocenters. The predicted molar refractivity (Wildman–Crippen MR) is 77.8 cm³/mol. The summed E-state index contributed by atoms with van der Waals surface area (Å²) in [6, 6.07) is -0.299. The topological polar surface area (TPSA) is 87.8 Å². The normalized spacial score (nSPS) is 13.1. The summed E-state index contributed by atoms with van der Waals surface area (Å²) in [6.07, 6.45) is 0.793. The van der Waals surface area contributed by atoms with Gasteiger partial charge in [-0.1, -0.05) is 6.92 Å². The summed E-state index contributed by atoms with van der Waals surface area (Å²) in [7, 11) is 1.76. The molecule has 0 amide bonds. The number of aromatic nitrogens is 4. The molecule has 0 fully saturated rings. The molecule has 0 saturated carbocycles. The Morgan fingerprint density at radius 3 is 2.40 bits per heavy atom. The van der Waals surface area contributed by atoms with Gasteiger partial charge >= 0.3 is 5.69 Å². The first-order valence-electron chi connectivity index (χ1n) is 6.89. The van der Waals surface area contributed by atoms with Crippen molar-refractivity contribution in [3.63, 3.8) is 0 Å². The van der Waals surface area contributed by atoms with E-state index in [2.05, 4.69) is 4.98 Å². The highest BCUT2D eigenvalue weighted by molar-refractivity contribution is 5.71. The van der Waals surface area contributed by atoms with E-state index < -0.39 is 0 Å². The van der Waals surface area contributed by atoms with Crippen molar-refractivity contribution in [3.8, 4) is 0 Å². The van der Waals surface area contributed by atoms with Crippen LogP contribution in [0.4, 0.5) is 0 Å². The van der Waals surface area contributed by atoms with E-state index in [4.69, 9.17) is 5.73 Å². The molecule has 2 N–H and O–H groups in total. The maximum absolute atomic E-state index is 12.4. The molecule has 0 aromatic carbocycles. The van der Waals surface area contributed by atoms with Gasteiger partial charge in [0.05, 0.1) is 6.04 Å². The second-order valence-electron chi connectivity index (χ2n) is 4.97. The molecule has 0 bridgehead atoms. The highest BCUT2D eigenvalue weighted by atomic mass is 16.2. The maximum atomic E-state index is 12.4. The molecule has 0 radical (unpaired) electrons. The van der Waals surface area contributed by atoms with E-state index in [1.54, 1.807) is 23.1 Å². The molecule has 0 spiro atoms. The van der Waals surface area contributed by atoms with Gasteiger partial charge in [0.2, 0.25) is 0 Å². The van der Waals surface area contributed by atoms with Gasteiger partial charge in [-0.3, -0.25) is 13.9 Å². The average molecular weight is 279 g/mol. The largest absolute Gasteiger partial charge is 0.332 e. The summed E-state index contributed by atoms with van der Waals surface area (Å²) in [6.45, 7) is 6.45. The zero-order chi connectivity index (χ0) is 15.0. The van der Waals surface area contributed by atoms with E-state index in [-0.39, 0.29) is 17.3 Å². The lowest BCUT2D eigenvalue weighted by atomic mass is 10.3. The van der Waals surface area contributed by atoms with E-state index in [9.17, 15) is 9.59 Å². The van der Waals surface area contributed by atoms with E-state index in [0.717, 1.165) is 6.42 Å². The summed E-state index contributed by atoms with van der Waals surface area (Å²) < 4.78 is 4.50. The summed E-state index contributed by atoms with van der Waals surface area (Å²) in [5.74, 6) is 0.607. The van der Waals surface area contributed by atoms with Crippen LogP contribution in [0.5, 0.6) is 0 Å². The zero-order valence-electron chi connectivity index (χ0n) is 12.4. The van der Waals surface area contributed by atoms with Gasteiger partial charge in [-0.05, 0) is 20.3 Å². The average Bonchev–Trinajstić information content (AvgIpc) is 2.73. The molecule has 0 aliphatic heterocycles. The van der Waals surface area contributed by atoms with Crippen molar-refractivity contribution in [2.75, 3.05) is 0 Å². The van der Waals surface area contributed by atoms with Crippen molar-refractivity contribution >= 4 is 11.2 Å². The smallest absolute Gasteiger partial charge is 0.324 e. The third-order valence-electron chi connectivity index (χ3n) is 3.45. The van der Waals surface area contributed by atoms with Gasteiger partial charge in [-0.25, -0.2) is 9.78 Å². The molecule has 0 saturated heterocycles. The van der Waals surface area contributed by atoms with Gasteiger partial charge in [0.1, 0.15) is 5.82 Å². The second-order valence-corrected chi connectivity index (χ2v) is 4.97. The Morgan fingerprint density at radius 2 is 1.90 bits per heavy atom. The minimum absolute atomic E-state index is 0.299. The monoisotopic (exact) mass is 279 g/mol. The first-order valence-corrected chi connectivity index (χ1v) is 6.89. The minimum atomic E-state index is -0.304. The van der Waals surface area contributed by atoms with E-state index in [1.165, 1.54) is 4.57 Å². The van der Waals surface area contributed by atoms with Gasteiger partial charge in [-0.2, -0.15) is 0 Å². The van der Waals surface area contributed by atoms with Crippen LogP contribution in [0.15, 0.2) is 9.59 Å². The lowest BCUT2D eigenvalue weighted by molar-refractivity contribution is 0.579. The Kier molecular flexibility index (Phi) is 3.80. The first kappa shape index (κ1) is 14.5. The summed E-state index contributed by atoms with van der Waals surface area (Å²) in [5.41, 5.74) is 6.14. The van der Waals surface area contributed by atoms with Gasteiger partial charge in [0.15, 0.2) is 11.2 Å². The fourth-order valence-corrected chi connectivity index (χ4v) is 2.49. The van der Waals surface area contributed by atoms with Crippen LogP contribution in [-0.2, 0) is 20.1 Å². The van der Waals surface area contributed by atoms with Crippen molar-refractivity contribution in [1.82, 2.24) is 18.7 Å². The highest BCUT2D eigenvalue weighted by Crippen LogP contribution is 2.14. The van der Waals surface area contributed by atoms with Gasteiger partial charge in [-0.15, -0.1) is 0 Å². The number of nitrogens with two attached hydrogens (primary N) is 1. The van der Waals surface area contributed by atoms with E-state index in [0.29, 0.717) is 30.1 Å². The van der Waals surface area contributed by atoms with Gasteiger partial charge in [0, 0.05) is 20.1 Å². The highest BCUT2D eigenvalue weighted by Gasteiger charge is 2.20. The van der Waals surface area contributed by atoms with Crippen LogP contribution >= 0.6 is 0 Å². The number of hydrogen-bond donors (Lipinski definition) is 1. The molecule has 20 heavy (non-hydrogen) atoms. The number of hydrogen-bond acceptors (Lipinski definition) is 4. The van der Waals surface area contributed by atoms with Crippen LogP contribution < -0.4 is 17.0 Å². The Bertz CT molecular complexity index is 751. The molecule has 2 heterocycles. The Balaban J connectivity index is 3.00. The molecule has 0 aliphatic rings. The van der Waals surface area contributed by atoms with Crippen molar-refractivity contribution in [2.24, 2.45) is 12.8 Å². The van der Waals surface area contributed by atoms with Crippen LogP contribution in [0, 0.1) is 0 Å². The number of imidazole rings is 1.